The number of nitrogens with two attached hydrogens (primary N) is 1. The first-order valence-corrected chi connectivity index (χ1v) is 7.61. The fraction of sp³-hybridized carbons (Fsp3) is 0.214. The quantitative estimate of drug-likeness (QED) is 0.653. The van der Waals surface area contributed by atoms with Gasteiger partial charge in [0.15, 0.2) is 0 Å². The van der Waals surface area contributed by atoms with Crippen LogP contribution in [0.2, 0.25) is 0 Å². The van der Waals surface area contributed by atoms with E-state index < -0.39 is 0 Å². The van der Waals surface area contributed by atoms with Gasteiger partial charge in [-0.05, 0) is 37.3 Å². The van der Waals surface area contributed by atoms with E-state index in [1.807, 2.05) is 39.2 Å². The van der Waals surface area contributed by atoms with E-state index >= 15 is 0 Å². The average molecular weight is 382 g/mol. The van der Waals surface area contributed by atoms with E-state index in [-0.39, 0.29) is 0 Å². The van der Waals surface area contributed by atoms with Gasteiger partial charge < -0.3 is 15.4 Å². The highest BCUT2D eigenvalue weighted by molar-refractivity contribution is 9.10. The Bertz CT molecular complexity index is 726. The largest absolute Gasteiger partial charge is 0.431 e. The Balaban J connectivity index is 2.30. The highest BCUT2D eigenvalue weighted by Crippen LogP contribution is 2.23. The topological polar surface area (TPSA) is 68.7 Å². The van der Waals surface area contributed by atoms with Crippen LogP contribution < -0.4 is 10.5 Å². The van der Waals surface area contributed by atoms with Gasteiger partial charge in [0.1, 0.15) is 5.75 Å². The number of nitrogens with zero attached hydrogens (tertiary/aromatic N) is 4. The Hall–Kier alpha value is -1.93. The van der Waals surface area contributed by atoms with E-state index in [9.17, 15) is 0 Å². The van der Waals surface area contributed by atoms with Gasteiger partial charge in [-0.3, -0.25) is 0 Å². The summed E-state index contributed by atoms with van der Waals surface area (Å²) in [4.78, 5) is 5.81. The molecule has 0 bridgehead atoms. The first kappa shape index (κ1) is 16.4. The monoisotopic (exact) mass is 381 g/mol. The molecule has 0 saturated heterocycles. The van der Waals surface area contributed by atoms with Crippen LogP contribution in [0.3, 0.4) is 0 Å². The van der Waals surface area contributed by atoms with Crippen LogP contribution in [0.5, 0.6) is 5.75 Å². The molecule has 1 aromatic heterocycles. The third kappa shape index (κ3) is 4.05. The van der Waals surface area contributed by atoms with Crippen molar-refractivity contribution in [3.05, 3.63) is 40.1 Å². The van der Waals surface area contributed by atoms with Crippen molar-refractivity contribution in [1.29, 1.82) is 0 Å². The minimum absolute atomic E-state index is 0.331. The number of rotatable bonds is 3. The van der Waals surface area contributed by atoms with Gasteiger partial charge in [0.25, 0.3) is 5.17 Å². The number of thiocarbonyl (C=S) groups is 1. The van der Waals surface area contributed by atoms with Gasteiger partial charge in [-0.25, -0.2) is 9.66 Å². The lowest BCUT2D eigenvalue weighted by Crippen LogP contribution is -2.25. The lowest BCUT2D eigenvalue weighted by molar-refractivity contribution is 0.449. The zero-order valence-corrected chi connectivity index (χ0v) is 14.8. The van der Waals surface area contributed by atoms with Gasteiger partial charge in [0, 0.05) is 24.1 Å². The SMILES string of the molecule is Cc1cn(N=Cc2ccc(Br)cc2OC(=S)N(C)C)c(N)n1. The molecule has 1 heterocycles. The van der Waals surface area contributed by atoms with Crippen molar-refractivity contribution in [3.8, 4) is 5.75 Å². The first-order valence-electron chi connectivity index (χ1n) is 6.41. The Morgan fingerprint density at radius 3 is 2.82 bits per heavy atom. The van der Waals surface area contributed by atoms with E-state index in [1.165, 1.54) is 4.68 Å². The number of anilines is 1. The lowest BCUT2D eigenvalue weighted by Gasteiger charge is -2.15. The number of aromatic nitrogens is 2. The maximum absolute atomic E-state index is 5.76. The van der Waals surface area contributed by atoms with Crippen LogP contribution >= 0.6 is 28.1 Å². The number of ether oxygens (including phenoxy) is 1. The molecule has 0 aliphatic rings. The smallest absolute Gasteiger partial charge is 0.264 e. The molecule has 0 fully saturated rings. The molecule has 2 N–H and O–H groups in total. The summed E-state index contributed by atoms with van der Waals surface area (Å²) in [7, 11) is 3.64. The van der Waals surface area contributed by atoms with Crippen LogP contribution in [0.1, 0.15) is 11.3 Å². The number of aryl methyl sites for hydroxylation is 1. The second-order valence-electron chi connectivity index (χ2n) is 4.77. The molecule has 2 rings (SSSR count). The molecular weight excluding hydrogens is 366 g/mol. The number of hydrogen-bond acceptors (Lipinski definition) is 5. The summed E-state index contributed by atoms with van der Waals surface area (Å²) in [6.45, 7) is 1.85. The van der Waals surface area contributed by atoms with Crippen molar-refractivity contribution in [3.63, 3.8) is 0 Å². The number of nitrogen functional groups attached to an aromatic ring is 1. The average Bonchev–Trinajstić information content (AvgIpc) is 2.76. The molecule has 0 atom stereocenters. The van der Waals surface area contributed by atoms with Crippen LogP contribution in [0.4, 0.5) is 5.95 Å². The predicted octanol–water partition coefficient (Wildman–Crippen LogP) is 2.64. The minimum Gasteiger partial charge on any atom is -0.431 e. The Kier molecular flexibility index (Phi) is 5.15. The van der Waals surface area contributed by atoms with Gasteiger partial charge in [-0.15, -0.1) is 0 Å². The molecule has 1 aromatic carbocycles. The van der Waals surface area contributed by atoms with E-state index in [0.29, 0.717) is 16.9 Å². The maximum atomic E-state index is 5.76. The van der Waals surface area contributed by atoms with Gasteiger partial charge in [0.2, 0.25) is 5.95 Å². The van der Waals surface area contributed by atoms with Crippen molar-refractivity contribution >= 4 is 45.5 Å². The van der Waals surface area contributed by atoms with Gasteiger partial charge in [-0.2, -0.15) is 5.10 Å². The Labute approximate surface area is 142 Å². The number of halogens is 1. The van der Waals surface area contributed by atoms with Crippen LogP contribution in [0, 0.1) is 6.92 Å². The van der Waals surface area contributed by atoms with Crippen molar-refractivity contribution in [2.75, 3.05) is 19.8 Å². The van der Waals surface area contributed by atoms with E-state index in [1.54, 1.807) is 17.3 Å². The van der Waals surface area contributed by atoms with Crippen molar-refractivity contribution in [1.82, 2.24) is 14.6 Å². The third-order valence-electron chi connectivity index (χ3n) is 2.69. The molecule has 0 radical (unpaired) electrons. The van der Waals surface area contributed by atoms with E-state index in [2.05, 4.69) is 26.0 Å². The first-order chi connectivity index (χ1) is 10.4. The molecule has 0 aliphatic heterocycles. The molecule has 0 aliphatic carbocycles. The molecule has 22 heavy (non-hydrogen) atoms. The molecule has 2 aromatic rings. The van der Waals surface area contributed by atoms with Crippen LogP contribution in [-0.2, 0) is 0 Å². The van der Waals surface area contributed by atoms with E-state index in [0.717, 1.165) is 15.7 Å². The second kappa shape index (κ2) is 6.89. The molecule has 116 valence electrons. The summed E-state index contributed by atoms with van der Waals surface area (Å²) in [5.41, 5.74) is 7.34. The van der Waals surface area contributed by atoms with Crippen LogP contribution in [-0.4, -0.2) is 40.0 Å². The third-order valence-corrected chi connectivity index (χ3v) is 3.64. The lowest BCUT2D eigenvalue weighted by atomic mass is 10.2. The standard InChI is InChI=1S/C14H16BrN5OS/c1-9-8-20(13(16)18-9)17-7-10-4-5-11(15)6-12(10)21-14(22)19(2)3/h4-8H,1-3H3,(H2,16,18). The molecule has 0 saturated carbocycles. The maximum Gasteiger partial charge on any atom is 0.264 e. The number of hydrogen-bond donors (Lipinski definition) is 1. The Morgan fingerprint density at radius 1 is 1.50 bits per heavy atom. The predicted molar refractivity (Wildman–Crippen MR) is 95.4 cm³/mol. The molecule has 6 nitrogen and oxygen atoms in total. The summed E-state index contributed by atoms with van der Waals surface area (Å²) in [5.74, 6) is 0.935. The molecule has 0 unspecified atom stereocenters. The summed E-state index contributed by atoms with van der Waals surface area (Å²) in [6, 6.07) is 5.61. The molecule has 0 amide bonds. The fourth-order valence-corrected chi connectivity index (χ4v) is 2.04. The highest BCUT2D eigenvalue weighted by atomic mass is 79.9. The van der Waals surface area contributed by atoms with Crippen molar-refractivity contribution < 1.29 is 4.74 Å². The summed E-state index contributed by atoms with van der Waals surface area (Å²) >= 11 is 8.59. The number of benzene rings is 1. The zero-order chi connectivity index (χ0) is 16.3. The number of imidazole rings is 1. The summed E-state index contributed by atoms with van der Waals surface area (Å²) in [6.07, 6.45) is 3.40. The fourth-order valence-electron chi connectivity index (χ4n) is 1.61. The van der Waals surface area contributed by atoms with E-state index in [4.69, 9.17) is 22.7 Å². The Morgan fingerprint density at radius 2 is 2.23 bits per heavy atom. The molecular formula is C14H16BrN5OS. The normalized spacial score (nSPS) is 10.9. The zero-order valence-electron chi connectivity index (χ0n) is 12.4. The summed E-state index contributed by atoms with van der Waals surface area (Å²) < 4.78 is 8.09. The molecule has 0 spiro atoms. The van der Waals surface area contributed by atoms with Gasteiger partial charge in [0.05, 0.1) is 18.1 Å². The highest BCUT2D eigenvalue weighted by Gasteiger charge is 2.08. The van der Waals surface area contributed by atoms with Crippen molar-refractivity contribution in [2.45, 2.75) is 6.92 Å². The van der Waals surface area contributed by atoms with Crippen LogP contribution in [0.15, 0.2) is 34.0 Å². The van der Waals surface area contributed by atoms with Gasteiger partial charge >= 0.3 is 0 Å². The molecule has 8 heteroatoms. The second-order valence-corrected chi connectivity index (χ2v) is 6.04. The summed E-state index contributed by atoms with van der Waals surface area (Å²) in [5, 5.41) is 4.66. The van der Waals surface area contributed by atoms with Gasteiger partial charge in [-0.1, -0.05) is 15.9 Å². The van der Waals surface area contributed by atoms with Crippen molar-refractivity contribution in [2.24, 2.45) is 5.10 Å². The van der Waals surface area contributed by atoms with Crippen LogP contribution in [0.25, 0.3) is 0 Å². The minimum atomic E-state index is 0.331.